The minimum atomic E-state index is 0.809. The van der Waals surface area contributed by atoms with Gasteiger partial charge in [0.05, 0.1) is 0 Å². The van der Waals surface area contributed by atoms with Crippen LogP contribution in [0, 0.1) is 13.8 Å². The van der Waals surface area contributed by atoms with Crippen molar-refractivity contribution in [2.24, 2.45) is 0 Å². The molecule has 0 saturated carbocycles. The Morgan fingerprint density at radius 1 is 0.615 bits per heavy atom. The number of hydrogen-bond donors (Lipinski definition) is 2. The fourth-order valence-electron chi connectivity index (χ4n) is 4.26. The highest BCUT2D eigenvalue weighted by Gasteiger charge is 2.15. The highest BCUT2D eigenvalue weighted by Crippen LogP contribution is 2.43. The highest BCUT2D eigenvalue weighted by molar-refractivity contribution is 6.28. The van der Waals surface area contributed by atoms with Crippen LogP contribution in [-0.2, 0) is 0 Å². The first-order chi connectivity index (χ1) is 12.5. The Kier molecular flexibility index (Phi) is 2.96. The van der Waals surface area contributed by atoms with Gasteiger partial charge in [0.2, 0.25) is 0 Å². The molecular weight excluding hydrogens is 316 g/mol. The highest BCUT2D eigenvalue weighted by atomic mass is 14.6. The molecule has 5 rings (SSSR count). The predicted molar refractivity (Wildman–Crippen MR) is 114 cm³/mol. The van der Waals surface area contributed by atoms with Crippen LogP contribution in [0.1, 0.15) is 11.1 Å². The molecule has 0 unspecified atom stereocenters. The first-order valence-corrected chi connectivity index (χ1v) is 8.87. The van der Waals surface area contributed by atoms with E-state index in [4.69, 9.17) is 11.5 Å². The molecule has 5 aromatic rings. The summed E-state index contributed by atoms with van der Waals surface area (Å²) in [6.07, 6.45) is 0. The first-order valence-electron chi connectivity index (χ1n) is 8.87. The van der Waals surface area contributed by atoms with Crippen LogP contribution in [0.5, 0.6) is 0 Å². The van der Waals surface area contributed by atoms with E-state index in [1.54, 1.807) is 0 Å². The van der Waals surface area contributed by atoms with Crippen LogP contribution in [-0.4, -0.2) is 0 Å². The molecule has 0 aliphatic rings. The van der Waals surface area contributed by atoms with Crippen molar-refractivity contribution >= 4 is 43.7 Å². The van der Waals surface area contributed by atoms with Crippen LogP contribution in [0.3, 0.4) is 0 Å². The Morgan fingerprint density at radius 3 is 2.12 bits per heavy atom. The van der Waals surface area contributed by atoms with Crippen LogP contribution in [0.25, 0.3) is 43.4 Å². The van der Waals surface area contributed by atoms with Gasteiger partial charge in [-0.05, 0) is 58.7 Å². The van der Waals surface area contributed by atoms with E-state index in [1.807, 2.05) is 6.07 Å². The van der Waals surface area contributed by atoms with Gasteiger partial charge in [-0.3, -0.25) is 0 Å². The second-order valence-electron chi connectivity index (χ2n) is 7.23. The molecule has 0 aliphatic heterocycles. The second-order valence-corrected chi connectivity index (χ2v) is 7.23. The lowest BCUT2D eigenvalue weighted by atomic mass is 9.88. The molecule has 0 bridgehead atoms. The zero-order chi connectivity index (χ0) is 18.0. The molecule has 5 aromatic carbocycles. The van der Waals surface area contributed by atoms with Gasteiger partial charge in [0.1, 0.15) is 0 Å². The number of rotatable bonds is 1. The van der Waals surface area contributed by atoms with Crippen molar-refractivity contribution in [3.8, 4) is 11.1 Å². The smallest absolute Gasteiger partial charge is 0.0474 e. The number of nitrogens with two attached hydrogens (primary N) is 2. The fraction of sp³-hybridized carbons (Fsp3) is 0.0833. The number of hydrogen-bond acceptors (Lipinski definition) is 2. The van der Waals surface area contributed by atoms with Crippen LogP contribution >= 0.6 is 0 Å². The number of aryl methyl sites for hydroxylation is 2. The second kappa shape index (κ2) is 5.12. The average Bonchev–Trinajstić information content (AvgIpc) is 2.63. The molecule has 26 heavy (non-hydrogen) atoms. The monoisotopic (exact) mass is 336 g/mol. The van der Waals surface area contributed by atoms with Gasteiger partial charge in [-0.15, -0.1) is 0 Å². The van der Waals surface area contributed by atoms with E-state index >= 15 is 0 Å². The zero-order valence-electron chi connectivity index (χ0n) is 14.9. The Hall–Kier alpha value is -3.26. The van der Waals surface area contributed by atoms with Crippen molar-refractivity contribution in [1.29, 1.82) is 0 Å². The van der Waals surface area contributed by atoms with Gasteiger partial charge in [-0.2, -0.15) is 0 Å². The molecule has 0 fully saturated rings. The van der Waals surface area contributed by atoms with Crippen molar-refractivity contribution in [2.75, 3.05) is 11.5 Å². The lowest BCUT2D eigenvalue weighted by Gasteiger charge is -2.17. The van der Waals surface area contributed by atoms with E-state index in [0.29, 0.717) is 0 Å². The molecule has 0 heterocycles. The molecule has 0 aromatic heterocycles. The van der Waals surface area contributed by atoms with Gasteiger partial charge in [0, 0.05) is 27.7 Å². The van der Waals surface area contributed by atoms with E-state index in [-0.39, 0.29) is 0 Å². The van der Waals surface area contributed by atoms with Gasteiger partial charge in [-0.25, -0.2) is 0 Å². The third kappa shape index (κ3) is 1.93. The van der Waals surface area contributed by atoms with Crippen molar-refractivity contribution in [3.05, 3.63) is 71.8 Å². The van der Waals surface area contributed by atoms with E-state index in [1.165, 1.54) is 38.2 Å². The van der Waals surface area contributed by atoms with Crippen LogP contribution < -0.4 is 11.5 Å². The minimum absolute atomic E-state index is 0.809. The summed E-state index contributed by atoms with van der Waals surface area (Å²) in [6.45, 7) is 4.26. The van der Waals surface area contributed by atoms with Gasteiger partial charge in [-0.1, -0.05) is 54.1 Å². The summed E-state index contributed by atoms with van der Waals surface area (Å²) in [5.74, 6) is 0. The standard InChI is InChI=1S/C24H20N2/c1-13-3-7-17(14(2)11-13)20-12-16-5-8-18-21(25)10-6-15-4-9-19(24(20)26)23(16)22(15)18/h3-12H,25-26H2,1-2H3. The summed E-state index contributed by atoms with van der Waals surface area (Å²) in [6, 6.07) is 21.4. The summed E-state index contributed by atoms with van der Waals surface area (Å²) in [4.78, 5) is 0. The molecular formula is C24H20N2. The maximum Gasteiger partial charge on any atom is 0.0474 e. The van der Waals surface area contributed by atoms with Gasteiger partial charge in [0.25, 0.3) is 0 Å². The van der Waals surface area contributed by atoms with Gasteiger partial charge >= 0.3 is 0 Å². The van der Waals surface area contributed by atoms with E-state index in [0.717, 1.165) is 27.7 Å². The van der Waals surface area contributed by atoms with E-state index in [2.05, 4.69) is 68.4 Å². The van der Waals surface area contributed by atoms with Gasteiger partial charge < -0.3 is 11.5 Å². The average molecular weight is 336 g/mol. The molecule has 0 saturated heterocycles. The summed E-state index contributed by atoms with van der Waals surface area (Å²) in [5.41, 5.74) is 19.3. The third-order valence-electron chi connectivity index (χ3n) is 5.53. The van der Waals surface area contributed by atoms with Crippen molar-refractivity contribution in [3.63, 3.8) is 0 Å². The van der Waals surface area contributed by atoms with Crippen molar-refractivity contribution in [1.82, 2.24) is 0 Å². The minimum Gasteiger partial charge on any atom is -0.398 e. The van der Waals surface area contributed by atoms with Crippen LogP contribution in [0.4, 0.5) is 11.4 Å². The molecule has 0 atom stereocenters. The molecule has 0 radical (unpaired) electrons. The summed E-state index contributed by atoms with van der Waals surface area (Å²) in [7, 11) is 0. The van der Waals surface area contributed by atoms with E-state index < -0.39 is 0 Å². The fourth-order valence-corrected chi connectivity index (χ4v) is 4.26. The number of anilines is 2. The van der Waals surface area contributed by atoms with Crippen LogP contribution in [0.2, 0.25) is 0 Å². The third-order valence-corrected chi connectivity index (χ3v) is 5.53. The Labute approximate surface area is 152 Å². The Balaban J connectivity index is 1.95. The summed E-state index contributed by atoms with van der Waals surface area (Å²) >= 11 is 0. The summed E-state index contributed by atoms with van der Waals surface area (Å²) < 4.78 is 0. The maximum atomic E-state index is 6.67. The normalized spacial score (nSPS) is 11.8. The Bertz CT molecular complexity index is 1320. The molecule has 0 aliphatic carbocycles. The topological polar surface area (TPSA) is 52.0 Å². The first kappa shape index (κ1) is 15.0. The predicted octanol–water partition coefficient (Wildman–Crippen LogP) is 6.03. The molecule has 4 N–H and O–H groups in total. The largest absolute Gasteiger partial charge is 0.398 e. The molecule has 0 spiro atoms. The quantitative estimate of drug-likeness (QED) is 0.290. The van der Waals surface area contributed by atoms with Crippen molar-refractivity contribution < 1.29 is 0 Å². The SMILES string of the molecule is Cc1ccc(-c2cc3ccc4c(N)ccc5ccc(c2N)c3c54)c(C)c1. The zero-order valence-corrected chi connectivity index (χ0v) is 14.9. The van der Waals surface area contributed by atoms with E-state index in [9.17, 15) is 0 Å². The van der Waals surface area contributed by atoms with Crippen LogP contribution in [0.15, 0.2) is 60.7 Å². The molecule has 126 valence electrons. The number of nitrogen functional groups attached to an aromatic ring is 2. The molecule has 2 heteroatoms. The molecule has 2 nitrogen and oxygen atoms in total. The summed E-state index contributed by atoms with van der Waals surface area (Å²) in [5, 5.41) is 7.01. The Morgan fingerprint density at radius 2 is 1.31 bits per heavy atom. The maximum absolute atomic E-state index is 6.67. The lowest BCUT2D eigenvalue weighted by molar-refractivity contribution is 1.38. The van der Waals surface area contributed by atoms with Gasteiger partial charge in [0.15, 0.2) is 0 Å². The van der Waals surface area contributed by atoms with Crippen molar-refractivity contribution in [2.45, 2.75) is 13.8 Å². The number of benzene rings is 5. The molecule has 0 amide bonds. The lowest BCUT2D eigenvalue weighted by Crippen LogP contribution is -1.97.